The zero-order chi connectivity index (χ0) is 9.42. The van der Waals surface area contributed by atoms with Gasteiger partial charge in [-0.25, -0.2) is 4.79 Å². The van der Waals surface area contributed by atoms with E-state index in [1.54, 1.807) is 0 Å². The highest BCUT2D eigenvalue weighted by Gasteiger charge is 2.03. The van der Waals surface area contributed by atoms with Crippen molar-refractivity contribution >= 4 is 26.8 Å². The maximum atomic E-state index is 11.0. The van der Waals surface area contributed by atoms with Gasteiger partial charge in [0, 0.05) is 5.39 Å². The van der Waals surface area contributed by atoms with Gasteiger partial charge in [-0.3, -0.25) is 4.98 Å². The highest BCUT2D eigenvalue weighted by atomic mass is 79.9. The van der Waals surface area contributed by atoms with E-state index in [9.17, 15) is 4.79 Å². The molecule has 0 unspecified atom stereocenters. The second-order valence-electron chi connectivity index (χ2n) is 2.82. The maximum absolute atomic E-state index is 11.0. The number of halogens is 1. The van der Waals surface area contributed by atoms with E-state index in [1.165, 1.54) is 0 Å². The van der Waals surface area contributed by atoms with E-state index in [-0.39, 0.29) is 5.69 Å². The second kappa shape index (κ2) is 2.96. The number of hydrogen-bond acceptors (Lipinski definition) is 2. The van der Waals surface area contributed by atoms with Gasteiger partial charge >= 0.3 is 5.69 Å². The van der Waals surface area contributed by atoms with E-state index in [0.717, 1.165) is 16.5 Å². The van der Waals surface area contributed by atoms with E-state index >= 15 is 0 Å². The van der Waals surface area contributed by atoms with Crippen LogP contribution in [0.5, 0.6) is 0 Å². The van der Waals surface area contributed by atoms with Crippen LogP contribution in [0.25, 0.3) is 10.9 Å². The monoisotopic (exact) mass is 238 g/mol. The molecule has 0 amide bonds. The van der Waals surface area contributed by atoms with E-state index in [4.69, 9.17) is 0 Å². The van der Waals surface area contributed by atoms with Crippen LogP contribution in [0.15, 0.2) is 27.6 Å². The van der Waals surface area contributed by atoms with Gasteiger partial charge in [0.25, 0.3) is 0 Å². The lowest BCUT2D eigenvalue weighted by Crippen LogP contribution is -2.10. The molecule has 0 radical (unpaired) electrons. The summed E-state index contributed by atoms with van der Waals surface area (Å²) in [5.74, 6) is 0. The standard InChI is InChI=1S/C9H7BrN2O/c1-5-3-2-4-6-7(5)8(10)12-9(13)11-6/h2-4H,1H3,(H,11,12,13). The number of aromatic amines is 1. The van der Waals surface area contributed by atoms with E-state index in [1.807, 2.05) is 25.1 Å². The minimum absolute atomic E-state index is 0.329. The zero-order valence-electron chi connectivity index (χ0n) is 6.97. The van der Waals surface area contributed by atoms with E-state index in [2.05, 4.69) is 25.9 Å². The predicted molar refractivity (Wildman–Crippen MR) is 54.8 cm³/mol. The Hall–Kier alpha value is -1.16. The molecule has 0 saturated carbocycles. The van der Waals surface area contributed by atoms with Crippen molar-refractivity contribution in [3.8, 4) is 0 Å². The summed E-state index contributed by atoms with van der Waals surface area (Å²) in [6, 6.07) is 5.69. The summed E-state index contributed by atoms with van der Waals surface area (Å²) in [7, 11) is 0. The third-order valence-corrected chi connectivity index (χ3v) is 2.50. The molecular weight excluding hydrogens is 232 g/mol. The number of rotatable bonds is 0. The quantitative estimate of drug-likeness (QED) is 0.714. The molecule has 0 aliphatic carbocycles. The molecule has 66 valence electrons. The van der Waals surface area contributed by atoms with Gasteiger partial charge in [-0.2, -0.15) is 4.98 Å². The lowest BCUT2D eigenvalue weighted by molar-refractivity contribution is 1.09. The molecule has 1 heterocycles. The van der Waals surface area contributed by atoms with Crippen molar-refractivity contribution < 1.29 is 0 Å². The molecule has 1 aromatic carbocycles. The van der Waals surface area contributed by atoms with Crippen LogP contribution < -0.4 is 5.69 Å². The Morgan fingerprint density at radius 3 is 3.00 bits per heavy atom. The van der Waals surface area contributed by atoms with Gasteiger partial charge < -0.3 is 0 Å². The summed E-state index contributed by atoms with van der Waals surface area (Å²) in [6.07, 6.45) is 0. The first-order valence-electron chi connectivity index (χ1n) is 3.83. The van der Waals surface area contributed by atoms with E-state index < -0.39 is 0 Å². The Kier molecular flexibility index (Phi) is 1.92. The first-order chi connectivity index (χ1) is 6.18. The summed E-state index contributed by atoms with van der Waals surface area (Å²) in [5, 5.41) is 0.960. The van der Waals surface area contributed by atoms with Gasteiger partial charge in [0.15, 0.2) is 0 Å². The van der Waals surface area contributed by atoms with Crippen LogP contribution in [0.3, 0.4) is 0 Å². The lowest BCUT2D eigenvalue weighted by atomic mass is 10.1. The molecule has 0 aliphatic rings. The highest BCUT2D eigenvalue weighted by Crippen LogP contribution is 2.21. The van der Waals surface area contributed by atoms with Crippen LogP contribution in [0.2, 0.25) is 0 Å². The van der Waals surface area contributed by atoms with Gasteiger partial charge in [-0.1, -0.05) is 12.1 Å². The van der Waals surface area contributed by atoms with E-state index in [0.29, 0.717) is 4.60 Å². The lowest BCUT2D eigenvalue weighted by Gasteiger charge is -2.01. The summed E-state index contributed by atoms with van der Waals surface area (Å²) in [6.45, 7) is 1.98. The maximum Gasteiger partial charge on any atom is 0.346 e. The first kappa shape index (κ1) is 8.44. The fourth-order valence-corrected chi connectivity index (χ4v) is 2.01. The SMILES string of the molecule is Cc1cccc2nc(=O)[nH]c(Br)c12. The van der Waals surface area contributed by atoms with Crippen LogP contribution >= 0.6 is 15.9 Å². The minimum Gasteiger partial charge on any atom is -0.299 e. The van der Waals surface area contributed by atoms with Gasteiger partial charge in [0.1, 0.15) is 0 Å². The fraction of sp³-hybridized carbons (Fsp3) is 0.111. The van der Waals surface area contributed by atoms with Crippen LogP contribution in [0.1, 0.15) is 5.56 Å². The number of H-pyrrole nitrogens is 1. The zero-order valence-corrected chi connectivity index (χ0v) is 8.55. The molecule has 0 atom stereocenters. The molecule has 1 N–H and O–H groups in total. The summed E-state index contributed by atoms with van der Waals surface area (Å²) >= 11 is 3.30. The molecule has 2 aromatic rings. The number of nitrogens with one attached hydrogen (secondary N) is 1. The summed E-state index contributed by atoms with van der Waals surface area (Å²) in [4.78, 5) is 17.5. The van der Waals surface area contributed by atoms with Gasteiger partial charge in [0.05, 0.1) is 10.1 Å². The Balaban J connectivity index is 3.03. The summed E-state index contributed by atoms with van der Waals surface area (Å²) in [5.41, 5.74) is 1.48. The summed E-state index contributed by atoms with van der Waals surface area (Å²) < 4.78 is 0.695. The molecule has 1 aromatic heterocycles. The molecule has 0 aliphatic heterocycles. The van der Waals surface area contributed by atoms with Crippen molar-refractivity contribution in [3.05, 3.63) is 38.9 Å². The molecular formula is C9H7BrN2O. The van der Waals surface area contributed by atoms with Crippen molar-refractivity contribution in [1.29, 1.82) is 0 Å². The normalized spacial score (nSPS) is 10.6. The molecule has 3 nitrogen and oxygen atoms in total. The largest absolute Gasteiger partial charge is 0.346 e. The average Bonchev–Trinajstić information content (AvgIpc) is 2.02. The Morgan fingerprint density at radius 2 is 2.23 bits per heavy atom. The van der Waals surface area contributed by atoms with Gasteiger partial charge in [-0.05, 0) is 34.5 Å². The van der Waals surface area contributed by atoms with Crippen LogP contribution in [-0.2, 0) is 0 Å². The molecule has 4 heteroatoms. The Labute approximate surface area is 82.9 Å². The topological polar surface area (TPSA) is 45.8 Å². The van der Waals surface area contributed by atoms with Crippen molar-refractivity contribution in [2.45, 2.75) is 6.92 Å². The average molecular weight is 239 g/mol. The number of benzene rings is 1. The third kappa shape index (κ3) is 1.37. The van der Waals surface area contributed by atoms with Crippen LogP contribution in [-0.4, -0.2) is 9.97 Å². The molecule has 0 spiro atoms. The number of fused-ring (bicyclic) bond motifs is 1. The Morgan fingerprint density at radius 1 is 1.46 bits per heavy atom. The highest BCUT2D eigenvalue weighted by molar-refractivity contribution is 9.10. The molecule has 2 rings (SSSR count). The Bertz CT molecular complexity index is 518. The smallest absolute Gasteiger partial charge is 0.299 e. The minimum atomic E-state index is -0.329. The molecule has 0 saturated heterocycles. The number of aryl methyl sites for hydroxylation is 1. The first-order valence-corrected chi connectivity index (χ1v) is 4.63. The number of hydrogen-bond donors (Lipinski definition) is 1. The van der Waals surface area contributed by atoms with Crippen molar-refractivity contribution in [1.82, 2.24) is 9.97 Å². The molecule has 13 heavy (non-hydrogen) atoms. The van der Waals surface area contributed by atoms with Gasteiger partial charge in [-0.15, -0.1) is 0 Å². The number of aromatic nitrogens is 2. The molecule has 0 bridgehead atoms. The van der Waals surface area contributed by atoms with Crippen molar-refractivity contribution in [3.63, 3.8) is 0 Å². The van der Waals surface area contributed by atoms with Gasteiger partial charge in [0.2, 0.25) is 0 Å². The predicted octanol–water partition coefficient (Wildman–Crippen LogP) is 1.99. The van der Waals surface area contributed by atoms with Crippen LogP contribution in [0, 0.1) is 6.92 Å². The second-order valence-corrected chi connectivity index (χ2v) is 3.62. The van der Waals surface area contributed by atoms with Crippen molar-refractivity contribution in [2.75, 3.05) is 0 Å². The molecule has 0 fully saturated rings. The fourth-order valence-electron chi connectivity index (χ4n) is 1.32. The third-order valence-electron chi connectivity index (χ3n) is 1.91. The number of nitrogens with zero attached hydrogens (tertiary/aromatic N) is 1. The van der Waals surface area contributed by atoms with Crippen LogP contribution in [0.4, 0.5) is 0 Å². The van der Waals surface area contributed by atoms with Crippen molar-refractivity contribution in [2.24, 2.45) is 0 Å².